The summed E-state index contributed by atoms with van der Waals surface area (Å²) in [4.78, 5) is 35.8. The van der Waals surface area contributed by atoms with Crippen LogP contribution in [0.1, 0.15) is 52.4 Å². The summed E-state index contributed by atoms with van der Waals surface area (Å²) >= 11 is 6.08. The number of aromatic nitrogens is 2. The van der Waals surface area contributed by atoms with Crippen LogP contribution in [0.3, 0.4) is 0 Å². The molecule has 1 saturated carbocycles. The van der Waals surface area contributed by atoms with Crippen molar-refractivity contribution in [2.45, 2.75) is 64.5 Å². The molecular formula is C22H35ClFN7O3. The van der Waals surface area contributed by atoms with Gasteiger partial charge in [0.1, 0.15) is 0 Å². The number of nitrogens with one attached hydrogen (secondary N) is 2. The lowest BCUT2D eigenvalue weighted by atomic mass is 9.94. The molecular weight excluding hydrogens is 465 g/mol. The monoisotopic (exact) mass is 499 g/mol. The summed E-state index contributed by atoms with van der Waals surface area (Å²) in [7, 11) is 2.02. The highest BCUT2D eigenvalue weighted by Gasteiger charge is 2.32. The minimum Gasteiger partial charge on any atom is -0.348 e. The maximum Gasteiger partial charge on any atom is 0.243 e. The number of rotatable bonds is 10. The van der Waals surface area contributed by atoms with Crippen molar-refractivity contribution in [2.75, 3.05) is 37.0 Å². The van der Waals surface area contributed by atoms with Crippen molar-refractivity contribution in [1.29, 1.82) is 0 Å². The molecule has 2 amide bonds. The van der Waals surface area contributed by atoms with E-state index in [9.17, 15) is 14.8 Å². The van der Waals surface area contributed by atoms with Crippen LogP contribution in [0, 0.1) is 17.7 Å². The van der Waals surface area contributed by atoms with Crippen LogP contribution in [0.15, 0.2) is 0 Å². The highest BCUT2D eigenvalue weighted by Crippen LogP contribution is 2.31. The Morgan fingerprint density at radius 3 is 2.68 bits per heavy atom. The molecule has 0 aromatic carbocycles. The van der Waals surface area contributed by atoms with E-state index in [1.165, 1.54) is 12.8 Å². The fourth-order valence-electron chi connectivity index (χ4n) is 4.81. The van der Waals surface area contributed by atoms with Crippen LogP contribution in [0.5, 0.6) is 0 Å². The van der Waals surface area contributed by atoms with E-state index in [4.69, 9.17) is 11.6 Å². The maximum absolute atomic E-state index is 15.4. The summed E-state index contributed by atoms with van der Waals surface area (Å²) < 4.78 is 15.4. The third-order valence-electron chi connectivity index (χ3n) is 7.26. The second-order valence-corrected chi connectivity index (χ2v) is 9.74. The summed E-state index contributed by atoms with van der Waals surface area (Å²) in [5.74, 6) is -1.48. The van der Waals surface area contributed by atoms with Gasteiger partial charge >= 0.3 is 0 Å². The highest BCUT2D eigenvalue weighted by atomic mass is 35.5. The number of hydrazine groups is 1. The van der Waals surface area contributed by atoms with Gasteiger partial charge in [-0.2, -0.15) is 14.4 Å². The van der Waals surface area contributed by atoms with E-state index < -0.39 is 17.6 Å². The maximum atomic E-state index is 15.4. The van der Waals surface area contributed by atoms with Crippen molar-refractivity contribution in [3.05, 3.63) is 11.1 Å². The van der Waals surface area contributed by atoms with Crippen LogP contribution >= 0.6 is 11.6 Å². The van der Waals surface area contributed by atoms with E-state index in [2.05, 4.69) is 32.6 Å². The molecule has 0 bridgehead atoms. The summed E-state index contributed by atoms with van der Waals surface area (Å²) in [6, 6.07) is 0.165. The second-order valence-electron chi connectivity index (χ2n) is 9.40. The van der Waals surface area contributed by atoms with Crippen LogP contribution < -0.4 is 15.8 Å². The van der Waals surface area contributed by atoms with Gasteiger partial charge in [-0.05, 0) is 51.3 Å². The average molecular weight is 500 g/mol. The number of likely N-dealkylation sites (N-methyl/N-ethyl adjacent to an activating group) is 1. The van der Waals surface area contributed by atoms with E-state index in [1.807, 2.05) is 18.9 Å². The van der Waals surface area contributed by atoms with Gasteiger partial charge in [-0.1, -0.05) is 25.7 Å². The van der Waals surface area contributed by atoms with Crippen molar-refractivity contribution in [3.8, 4) is 0 Å². The summed E-state index contributed by atoms with van der Waals surface area (Å²) in [5.41, 5.74) is 5.00. The first-order chi connectivity index (χ1) is 16.2. The van der Waals surface area contributed by atoms with Crippen molar-refractivity contribution >= 4 is 35.6 Å². The Morgan fingerprint density at radius 1 is 1.29 bits per heavy atom. The fourth-order valence-corrected chi connectivity index (χ4v) is 4.98. The number of halogens is 2. The smallest absolute Gasteiger partial charge is 0.243 e. The Balaban J connectivity index is 1.69. The molecule has 3 rings (SSSR count). The number of carbonyl (C=O) groups is 2. The number of hydroxylamine groups is 2. The SMILES string of the molecule is C[C@@H]1[C@H](C)N(c2nc(Cl)nc(NNC(=O)[C@H](CCC3CCCC3)CN(O)C=O)c2F)CCN1C. The number of hydrogen-bond donors (Lipinski definition) is 3. The van der Waals surface area contributed by atoms with Crippen molar-refractivity contribution in [3.63, 3.8) is 0 Å². The molecule has 1 aliphatic carbocycles. The van der Waals surface area contributed by atoms with Crippen LogP contribution in [0.4, 0.5) is 16.0 Å². The third-order valence-corrected chi connectivity index (χ3v) is 7.43. The number of amides is 2. The zero-order valence-electron chi connectivity index (χ0n) is 20.0. The molecule has 0 radical (unpaired) electrons. The molecule has 1 aromatic heterocycles. The zero-order chi connectivity index (χ0) is 24.8. The standard InChI is InChI=1S/C22H35ClFN7O3/c1-14-15(2)31(11-10-29(14)3)20-18(24)19(25-22(23)26-20)27-28-21(33)17(12-30(34)13-32)9-8-16-6-4-5-7-16/h13-17,34H,4-12H2,1-3H3,(H,28,33)(H,25,26,27)/t14-,15+,17-/m1/s1. The average Bonchev–Trinajstić information content (AvgIpc) is 3.34. The fraction of sp³-hybridized carbons (Fsp3) is 0.727. The minimum atomic E-state index is -0.715. The van der Waals surface area contributed by atoms with Gasteiger partial charge in [0.15, 0.2) is 11.6 Å². The Bertz CT molecular complexity index is 858. The van der Waals surface area contributed by atoms with Gasteiger partial charge in [0.25, 0.3) is 0 Å². The molecule has 34 heavy (non-hydrogen) atoms. The number of carbonyl (C=O) groups excluding carboxylic acids is 2. The predicted octanol–water partition coefficient (Wildman–Crippen LogP) is 2.68. The molecule has 1 aliphatic heterocycles. The largest absolute Gasteiger partial charge is 0.348 e. The number of nitrogens with zero attached hydrogens (tertiary/aromatic N) is 5. The summed E-state index contributed by atoms with van der Waals surface area (Å²) in [6.45, 7) is 5.21. The van der Waals surface area contributed by atoms with Gasteiger partial charge in [-0.25, -0.2) is 5.06 Å². The number of hydrogen-bond acceptors (Lipinski definition) is 8. The second kappa shape index (κ2) is 11.9. The van der Waals surface area contributed by atoms with Crippen LogP contribution in [0.25, 0.3) is 0 Å². The van der Waals surface area contributed by atoms with Gasteiger partial charge in [0.05, 0.1) is 12.5 Å². The van der Waals surface area contributed by atoms with E-state index in [0.717, 1.165) is 25.8 Å². The Labute approximate surface area is 204 Å². The third kappa shape index (κ3) is 6.45. The van der Waals surface area contributed by atoms with Gasteiger partial charge < -0.3 is 4.90 Å². The molecule has 1 saturated heterocycles. The summed E-state index contributed by atoms with van der Waals surface area (Å²) in [6.07, 6.45) is 6.20. The van der Waals surface area contributed by atoms with Crippen molar-refractivity contribution in [2.24, 2.45) is 11.8 Å². The zero-order valence-corrected chi connectivity index (χ0v) is 20.8. The molecule has 2 heterocycles. The lowest BCUT2D eigenvalue weighted by Gasteiger charge is -2.44. The highest BCUT2D eigenvalue weighted by molar-refractivity contribution is 6.28. The Morgan fingerprint density at radius 2 is 2.00 bits per heavy atom. The van der Waals surface area contributed by atoms with E-state index >= 15 is 4.39 Å². The molecule has 3 atom stereocenters. The van der Waals surface area contributed by atoms with Crippen LogP contribution in [-0.4, -0.2) is 76.2 Å². The lowest BCUT2D eigenvalue weighted by Crippen LogP contribution is -2.56. The van der Waals surface area contributed by atoms with Gasteiger partial charge in [-0.15, -0.1) is 0 Å². The number of anilines is 2. The van der Waals surface area contributed by atoms with E-state index in [-0.39, 0.29) is 42.0 Å². The van der Waals surface area contributed by atoms with Crippen molar-refractivity contribution < 1.29 is 19.2 Å². The predicted molar refractivity (Wildman–Crippen MR) is 127 cm³/mol. The molecule has 3 N–H and O–H groups in total. The molecule has 12 heteroatoms. The summed E-state index contributed by atoms with van der Waals surface area (Å²) in [5, 5.41) is 9.95. The first-order valence-corrected chi connectivity index (χ1v) is 12.3. The van der Waals surface area contributed by atoms with Crippen LogP contribution in [0.2, 0.25) is 5.28 Å². The normalized spacial score (nSPS) is 22.5. The minimum absolute atomic E-state index is 0.0134. The first kappa shape index (κ1) is 26.4. The topological polar surface area (TPSA) is 114 Å². The van der Waals surface area contributed by atoms with E-state index in [1.54, 1.807) is 0 Å². The molecule has 2 aliphatic rings. The van der Waals surface area contributed by atoms with E-state index in [0.29, 0.717) is 23.9 Å². The molecule has 0 unspecified atom stereocenters. The van der Waals surface area contributed by atoms with Gasteiger partial charge in [0.2, 0.25) is 23.4 Å². The molecule has 10 nitrogen and oxygen atoms in total. The lowest BCUT2D eigenvalue weighted by molar-refractivity contribution is -0.154. The van der Waals surface area contributed by atoms with Crippen molar-refractivity contribution in [1.82, 2.24) is 25.4 Å². The number of piperazine rings is 1. The molecule has 1 aromatic rings. The molecule has 0 spiro atoms. The van der Waals surface area contributed by atoms with Gasteiger partial charge in [0, 0.05) is 25.2 Å². The quantitative estimate of drug-likeness (QED) is 0.195. The first-order valence-electron chi connectivity index (χ1n) is 11.9. The van der Waals surface area contributed by atoms with Gasteiger partial charge in [-0.3, -0.25) is 30.5 Å². The molecule has 190 valence electrons. The molecule has 2 fully saturated rings. The van der Waals surface area contributed by atoms with Crippen LogP contribution in [-0.2, 0) is 9.59 Å². The Hall–Kier alpha value is -2.24. The Kier molecular flexibility index (Phi) is 9.26.